The first-order chi connectivity index (χ1) is 8.40. The van der Waals surface area contributed by atoms with E-state index in [1.54, 1.807) is 11.8 Å². The molecule has 0 fully saturated rings. The summed E-state index contributed by atoms with van der Waals surface area (Å²) in [5.41, 5.74) is 2.38. The molecule has 2 rings (SSSR count). The van der Waals surface area contributed by atoms with Crippen molar-refractivity contribution in [2.24, 2.45) is 0 Å². The van der Waals surface area contributed by atoms with Crippen molar-refractivity contribution in [1.82, 2.24) is 0 Å². The maximum atomic E-state index is 5.43. The maximum absolute atomic E-state index is 5.43. The Balaban J connectivity index is 2.03. The molecular formula is C14H16NO2+. The molecule has 0 saturated heterocycles. The summed E-state index contributed by atoms with van der Waals surface area (Å²) in [5.74, 6) is 0. The average Bonchev–Trinajstić information content (AvgIpc) is 2.41. The fraction of sp³-hybridized carbons (Fsp3) is 0.214. The van der Waals surface area contributed by atoms with Crippen molar-refractivity contribution < 1.29 is 14.3 Å². The van der Waals surface area contributed by atoms with Crippen molar-refractivity contribution in [3.63, 3.8) is 0 Å². The van der Waals surface area contributed by atoms with Crippen molar-refractivity contribution in [3.05, 3.63) is 54.9 Å². The normalized spacial score (nSPS) is 10.2. The smallest absolute Gasteiger partial charge is 0.223 e. The molecule has 0 aliphatic heterocycles. The van der Waals surface area contributed by atoms with Crippen LogP contribution in [0.5, 0.6) is 0 Å². The molecule has 0 spiro atoms. The van der Waals surface area contributed by atoms with Crippen LogP contribution in [0.15, 0.2) is 54.9 Å². The summed E-state index contributed by atoms with van der Waals surface area (Å²) in [6.07, 6.45) is 3.80. The van der Waals surface area contributed by atoms with Crippen LogP contribution in [-0.2, 0) is 4.74 Å². The fourth-order valence-electron chi connectivity index (χ4n) is 1.55. The summed E-state index contributed by atoms with van der Waals surface area (Å²) < 4.78 is 6.60. The number of nitrogens with zero attached hydrogens (tertiary/aromatic N) is 1. The van der Waals surface area contributed by atoms with Crippen molar-refractivity contribution >= 4 is 0 Å². The van der Waals surface area contributed by atoms with E-state index < -0.39 is 0 Å². The van der Waals surface area contributed by atoms with Crippen molar-refractivity contribution in [2.75, 3.05) is 20.3 Å². The molecule has 0 saturated carbocycles. The zero-order chi connectivity index (χ0) is 11.9. The van der Waals surface area contributed by atoms with Gasteiger partial charge >= 0.3 is 0 Å². The van der Waals surface area contributed by atoms with Crippen molar-refractivity contribution in [2.45, 2.75) is 0 Å². The SMILES string of the molecule is COCCO[n+]1ccc(-c2ccccc2)cc1. The summed E-state index contributed by atoms with van der Waals surface area (Å²) in [6.45, 7) is 1.14. The van der Waals surface area contributed by atoms with Crippen LogP contribution in [0.1, 0.15) is 0 Å². The fourth-order valence-corrected chi connectivity index (χ4v) is 1.55. The van der Waals surface area contributed by atoms with Crippen molar-refractivity contribution in [1.29, 1.82) is 0 Å². The molecule has 1 heterocycles. The van der Waals surface area contributed by atoms with Gasteiger partial charge in [-0.3, -0.25) is 4.84 Å². The standard InChI is InChI=1S/C14H16NO2/c1-16-11-12-17-15-9-7-14(8-10-15)13-5-3-2-4-6-13/h2-10H,11-12H2,1H3/q+1. The van der Waals surface area contributed by atoms with Gasteiger partial charge in [0.05, 0.1) is 6.61 Å². The predicted molar refractivity (Wildman–Crippen MR) is 65.4 cm³/mol. The molecule has 0 amide bonds. The lowest BCUT2D eigenvalue weighted by molar-refractivity contribution is -0.891. The molecular weight excluding hydrogens is 214 g/mol. The Bertz CT molecular complexity index is 440. The highest BCUT2D eigenvalue weighted by molar-refractivity contribution is 5.61. The third kappa shape index (κ3) is 3.29. The summed E-state index contributed by atoms with van der Waals surface area (Å²) in [5, 5.41) is 0. The van der Waals surface area contributed by atoms with Gasteiger partial charge in [0.2, 0.25) is 12.4 Å². The minimum Gasteiger partial charge on any atom is -0.381 e. The molecule has 0 atom stereocenters. The minimum absolute atomic E-state index is 0.547. The number of hydrogen-bond donors (Lipinski definition) is 0. The van der Waals surface area contributed by atoms with Crippen LogP contribution in [0.25, 0.3) is 11.1 Å². The average molecular weight is 230 g/mol. The molecule has 0 aliphatic rings. The molecule has 0 aliphatic carbocycles. The van der Waals surface area contributed by atoms with Gasteiger partial charge < -0.3 is 4.74 Å². The zero-order valence-corrected chi connectivity index (χ0v) is 9.87. The van der Waals surface area contributed by atoms with E-state index in [0.717, 1.165) is 0 Å². The first-order valence-electron chi connectivity index (χ1n) is 5.59. The second kappa shape index (κ2) is 6.01. The zero-order valence-electron chi connectivity index (χ0n) is 9.87. The molecule has 3 heteroatoms. The summed E-state index contributed by atoms with van der Waals surface area (Å²) in [6, 6.07) is 14.3. The van der Waals surface area contributed by atoms with Gasteiger partial charge in [-0.15, -0.1) is 0 Å². The molecule has 0 unspecified atom stereocenters. The van der Waals surface area contributed by atoms with E-state index in [2.05, 4.69) is 12.1 Å². The van der Waals surface area contributed by atoms with E-state index >= 15 is 0 Å². The van der Waals surface area contributed by atoms with E-state index in [4.69, 9.17) is 9.57 Å². The van der Waals surface area contributed by atoms with Gasteiger partial charge in [0.1, 0.15) is 0 Å². The number of aromatic nitrogens is 1. The highest BCUT2D eigenvalue weighted by Crippen LogP contribution is 2.16. The Morgan fingerprint density at radius 1 is 0.882 bits per heavy atom. The van der Waals surface area contributed by atoms with Crippen LogP contribution in [0, 0.1) is 0 Å². The topological polar surface area (TPSA) is 22.3 Å². The highest BCUT2D eigenvalue weighted by Gasteiger charge is 2.03. The second-order valence-corrected chi connectivity index (χ2v) is 3.64. The lowest BCUT2D eigenvalue weighted by atomic mass is 10.1. The monoisotopic (exact) mass is 230 g/mol. The van der Waals surface area contributed by atoms with Crippen LogP contribution >= 0.6 is 0 Å². The third-order valence-corrected chi connectivity index (χ3v) is 2.44. The van der Waals surface area contributed by atoms with Gasteiger partial charge in [-0.2, -0.15) is 0 Å². The molecule has 1 aromatic heterocycles. The number of rotatable bonds is 5. The molecule has 88 valence electrons. The lowest BCUT2D eigenvalue weighted by Crippen LogP contribution is -2.43. The summed E-state index contributed by atoms with van der Waals surface area (Å²) in [4.78, 5) is 5.43. The largest absolute Gasteiger partial charge is 0.381 e. The number of hydrogen-bond acceptors (Lipinski definition) is 2. The second-order valence-electron chi connectivity index (χ2n) is 3.64. The van der Waals surface area contributed by atoms with Crippen LogP contribution < -0.4 is 9.57 Å². The Kier molecular flexibility index (Phi) is 4.11. The van der Waals surface area contributed by atoms with Crippen LogP contribution in [0.4, 0.5) is 0 Å². The predicted octanol–water partition coefficient (Wildman–Crippen LogP) is 1.72. The first-order valence-corrected chi connectivity index (χ1v) is 5.59. The van der Waals surface area contributed by atoms with E-state index in [0.29, 0.717) is 13.2 Å². The Morgan fingerprint density at radius 3 is 2.18 bits per heavy atom. The Hall–Kier alpha value is -1.87. The minimum atomic E-state index is 0.547. The summed E-state index contributed by atoms with van der Waals surface area (Å²) >= 11 is 0. The highest BCUT2D eigenvalue weighted by atomic mass is 16.7. The number of benzene rings is 1. The van der Waals surface area contributed by atoms with Crippen LogP contribution in [-0.4, -0.2) is 20.3 Å². The molecule has 3 nitrogen and oxygen atoms in total. The van der Waals surface area contributed by atoms with E-state index in [1.165, 1.54) is 11.1 Å². The lowest BCUT2D eigenvalue weighted by Gasteiger charge is -2.00. The van der Waals surface area contributed by atoms with Gasteiger partial charge in [0, 0.05) is 24.0 Å². The number of pyridine rings is 1. The number of ether oxygens (including phenoxy) is 1. The van der Waals surface area contributed by atoms with Gasteiger partial charge in [-0.1, -0.05) is 30.3 Å². The molecule has 0 radical (unpaired) electrons. The van der Waals surface area contributed by atoms with Crippen molar-refractivity contribution in [3.8, 4) is 11.1 Å². The molecule has 0 bridgehead atoms. The third-order valence-electron chi connectivity index (χ3n) is 2.44. The Labute approximate surface area is 101 Å². The van der Waals surface area contributed by atoms with E-state index in [9.17, 15) is 0 Å². The maximum Gasteiger partial charge on any atom is 0.223 e. The van der Waals surface area contributed by atoms with E-state index in [-0.39, 0.29) is 0 Å². The first kappa shape index (κ1) is 11.6. The van der Waals surface area contributed by atoms with Gasteiger partial charge in [-0.25, -0.2) is 0 Å². The van der Waals surface area contributed by atoms with Crippen LogP contribution in [0.3, 0.4) is 0 Å². The molecule has 1 aromatic carbocycles. The molecule has 0 N–H and O–H groups in total. The molecule has 2 aromatic rings. The van der Waals surface area contributed by atoms with Crippen LogP contribution in [0.2, 0.25) is 0 Å². The van der Waals surface area contributed by atoms with Gasteiger partial charge in [0.25, 0.3) is 0 Å². The van der Waals surface area contributed by atoms with Gasteiger partial charge in [-0.05, 0) is 11.1 Å². The van der Waals surface area contributed by atoms with E-state index in [1.807, 2.05) is 42.7 Å². The summed E-state index contributed by atoms with van der Waals surface area (Å²) in [7, 11) is 1.66. The quantitative estimate of drug-likeness (QED) is 0.576. The Morgan fingerprint density at radius 2 is 1.53 bits per heavy atom. The molecule has 17 heavy (non-hydrogen) atoms. The number of methoxy groups -OCH3 is 1. The van der Waals surface area contributed by atoms with Gasteiger partial charge in [0.15, 0.2) is 6.61 Å².